The Bertz CT molecular complexity index is 1250. The zero-order chi connectivity index (χ0) is 26.9. The third-order valence-electron chi connectivity index (χ3n) is 10.0. The first-order valence-corrected chi connectivity index (χ1v) is 12.8. The number of carbonyl (C=O) groups excluding carboxylic acids is 3. The van der Waals surface area contributed by atoms with Gasteiger partial charge in [0, 0.05) is 21.7 Å². The lowest BCUT2D eigenvalue weighted by molar-refractivity contribution is -0.146. The van der Waals surface area contributed by atoms with Crippen LogP contribution in [0.15, 0.2) is 72.8 Å². The Morgan fingerprint density at radius 3 is 0.895 bits per heavy atom. The molecule has 0 bridgehead atoms. The summed E-state index contributed by atoms with van der Waals surface area (Å²) in [4.78, 5) is 40.0. The largest absolute Gasteiger partial charge is 0.469 e. The summed E-state index contributed by atoms with van der Waals surface area (Å²) in [7, 11) is 4.20. The Morgan fingerprint density at radius 2 is 0.711 bits per heavy atom. The van der Waals surface area contributed by atoms with Crippen molar-refractivity contribution in [3.05, 3.63) is 106 Å². The fraction of sp³-hybridized carbons (Fsp3) is 0.344. The van der Waals surface area contributed by atoms with Crippen LogP contribution in [0.4, 0.5) is 0 Å². The van der Waals surface area contributed by atoms with Crippen LogP contribution in [-0.2, 0) is 44.8 Å². The Balaban J connectivity index is 1.87. The minimum atomic E-state index is -0.881. The van der Waals surface area contributed by atoms with Crippen molar-refractivity contribution in [2.45, 2.75) is 42.4 Å². The number of benzene rings is 3. The summed E-state index contributed by atoms with van der Waals surface area (Å²) < 4.78 is 15.9. The summed E-state index contributed by atoms with van der Waals surface area (Å²) in [5.74, 6) is -1.06. The highest BCUT2D eigenvalue weighted by Gasteiger charge is 2.84. The van der Waals surface area contributed by atoms with Gasteiger partial charge in [-0.15, -0.1) is 0 Å². The third-order valence-corrected chi connectivity index (χ3v) is 10.0. The van der Waals surface area contributed by atoms with E-state index < -0.39 is 21.7 Å². The number of fused-ring (bicyclic) bond motifs is 9. The molecule has 0 fully saturated rings. The number of methoxy groups -OCH3 is 3. The predicted octanol–water partition coefficient (Wildman–Crippen LogP) is 4.58. The third kappa shape index (κ3) is 2.42. The molecule has 38 heavy (non-hydrogen) atoms. The van der Waals surface area contributed by atoms with Gasteiger partial charge in [0.05, 0.1) is 40.6 Å². The van der Waals surface area contributed by atoms with Crippen molar-refractivity contribution in [2.24, 2.45) is 5.41 Å². The Kier molecular flexibility index (Phi) is 5.16. The molecule has 6 rings (SSSR count). The molecule has 0 saturated heterocycles. The number of esters is 3. The second kappa shape index (κ2) is 8.03. The molecule has 3 aromatic carbocycles. The summed E-state index contributed by atoms with van der Waals surface area (Å²) in [5, 5.41) is 0. The van der Waals surface area contributed by atoms with Gasteiger partial charge >= 0.3 is 17.9 Å². The second-order valence-electron chi connectivity index (χ2n) is 10.7. The quantitative estimate of drug-likeness (QED) is 0.357. The fourth-order valence-corrected chi connectivity index (χ4v) is 8.79. The van der Waals surface area contributed by atoms with Crippen molar-refractivity contribution < 1.29 is 28.6 Å². The number of hydrogen-bond acceptors (Lipinski definition) is 6. The molecule has 3 aromatic rings. The van der Waals surface area contributed by atoms with E-state index in [1.807, 2.05) is 36.4 Å². The number of rotatable bonds is 6. The monoisotopic (exact) mass is 510 g/mol. The van der Waals surface area contributed by atoms with Crippen molar-refractivity contribution in [3.63, 3.8) is 0 Å². The molecular weight excluding hydrogens is 480 g/mol. The molecular formula is C32H30O6. The van der Waals surface area contributed by atoms with E-state index in [1.54, 1.807) is 0 Å². The lowest BCUT2D eigenvalue weighted by Crippen LogP contribution is -2.56. The molecule has 0 amide bonds. The maximum absolute atomic E-state index is 13.3. The van der Waals surface area contributed by atoms with E-state index in [2.05, 4.69) is 43.3 Å². The van der Waals surface area contributed by atoms with E-state index in [0.29, 0.717) is 0 Å². The molecule has 0 unspecified atom stereocenters. The second-order valence-corrected chi connectivity index (χ2v) is 10.7. The molecule has 3 aliphatic carbocycles. The van der Waals surface area contributed by atoms with Crippen LogP contribution in [0.2, 0.25) is 0 Å². The summed E-state index contributed by atoms with van der Waals surface area (Å²) in [6.07, 6.45) is 0.190. The van der Waals surface area contributed by atoms with Crippen LogP contribution in [-0.4, -0.2) is 39.2 Å². The molecule has 0 heterocycles. The van der Waals surface area contributed by atoms with Gasteiger partial charge in [-0.1, -0.05) is 79.7 Å². The SMILES string of the molecule is COC(=O)CC12c3ccccc3C3(CC(=O)OC)c4ccccc4C(CC(=O)OC)(c4ccccc41)C23C. The minimum Gasteiger partial charge on any atom is -0.469 e. The fourth-order valence-electron chi connectivity index (χ4n) is 8.79. The van der Waals surface area contributed by atoms with Gasteiger partial charge in [-0.2, -0.15) is 0 Å². The van der Waals surface area contributed by atoms with E-state index in [1.165, 1.54) is 21.3 Å². The van der Waals surface area contributed by atoms with E-state index in [0.717, 1.165) is 33.4 Å². The standard InChI is InChI=1S/C32H30O6/c1-29-30(17-26(33)36-2)20-11-5-7-13-22(20)31(29,18-27(34)37-3)24-15-9-10-16-25(24)32(29,19-28(35)38-4)23-14-8-6-12-21(23)30/h5-16H,17-19H2,1-4H3. The predicted molar refractivity (Wildman–Crippen MR) is 140 cm³/mol. The van der Waals surface area contributed by atoms with Crippen molar-refractivity contribution in [3.8, 4) is 0 Å². The molecule has 0 saturated carbocycles. The van der Waals surface area contributed by atoms with Crippen molar-refractivity contribution in [1.29, 1.82) is 0 Å². The van der Waals surface area contributed by atoms with Gasteiger partial charge in [0.15, 0.2) is 0 Å². The molecule has 0 spiro atoms. The zero-order valence-electron chi connectivity index (χ0n) is 22.0. The first-order valence-electron chi connectivity index (χ1n) is 12.8. The topological polar surface area (TPSA) is 78.9 Å². The highest BCUT2D eigenvalue weighted by Crippen LogP contribution is 2.84. The van der Waals surface area contributed by atoms with E-state index >= 15 is 0 Å². The molecule has 6 nitrogen and oxygen atoms in total. The Hall–Kier alpha value is -3.93. The molecule has 0 N–H and O–H groups in total. The van der Waals surface area contributed by atoms with Crippen molar-refractivity contribution in [1.82, 2.24) is 0 Å². The highest BCUT2D eigenvalue weighted by molar-refractivity contribution is 5.88. The lowest BCUT2D eigenvalue weighted by atomic mass is 9.48. The van der Waals surface area contributed by atoms with E-state index in [4.69, 9.17) is 14.2 Å². The van der Waals surface area contributed by atoms with Crippen LogP contribution in [0.3, 0.4) is 0 Å². The minimum absolute atomic E-state index is 0.0634. The summed E-state index contributed by atoms with van der Waals surface area (Å²) >= 11 is 0. The Labute approximate surface area is 221 Å². The van der Waals surface area contributed by atoms with Crippen molar-refractivity contribution in [2.75, 3.05) is 21.3 Å². The summed E-state index contributed by atoms with van der Waals surface area (Å²) in [5.41, 5.74) is 2.36. The lowest BCUT2D eigenvalue weighted by Gasteiger charge is -2.52. The van der Waals surface area contributed by atoms with Crippen LogP contribution >= 0.6 is 0 Å². The molecule has 0 aliphatic heterocycles. The van der Waals surface area contributed by atoms with Gasteiger partial charge in [-0.05, 0) is 33.4 Å². The average molecular weight is 511 g/mol. The van der Waals surface area contributed by atoms with Crippen LogP contribution in [0, 0.1) is 5.41 Å². The van der Waals surface area contributed by atoms with Gasteiger partial charge < -0.3 is 14.2 Å². The zero-order valence-corrected chi connectivity index (χ0v) is 22.0. The molecule has 0 aromatic heterocycles. The molecule has 0 radical (unpaired) electrons. The highest BCUT2D eigenvalue weighted by atomic mass is 16.5. The number of carbonyl (C=O) groups is 3. The summed E-state index contributed by atoms with van der Waals surface area (Å²) in [6.45, 7) is 2.15. The first kappa shape index (κ1) is 24.4. The molecule has 6 heteroatoms. The van der Waals surface area contributed by atoms with E-state index in [9.17, 15) is 14.4 Å². The van der Waals surface area contributed by atoms with Gasteiger partial charge in [-0.25, -0.2) is 0 Å². The van der Waals surface area contributed by atoms with Crippen molar-refractivity contribution >= 4 is 17.9 Å². The van der Waals surface area contributed by atoms with Crippen LogP contribution in [0.1, 0.15) is 59.6 Å². The normalized spacial score (nSPS) is 29.1. The first-order chi connectivity index (χ1) is 18.3. The van der Waals surface area contributed by atoms with Gasteiger partial charge in [0.25, 0.3) is 0 Å². The Morgan fingerprint density at radius 1 is 0.500 bits per heavy atom. The molecule has 0 atom stereocenters. The van der Waals surface area contributed by atoms with Crippen LogP contribution in [0.25, 0.3) is 0 Å². The number of ether oxygens (including phenoxy) is 3. The van der Waals surface area contributed by atoms with Gasteiger partial charge in [0.1, 0.15) is 0 Å². The smallest absolute Gasteiger partial charge is 0.306 e. The van der Waals surface area contributed by atoms with Crippen LogP contribution in [0.5, 0.6) is 0 Å². The summed E-state index contributed by atoms with van der Waals surface area (Å²) in [6, 6.07) is 24.2. The molecule has 194 valence electrons. The molecule has 3 aliphatic rings. The van der Waals surface area contributed by atoms with Gasteiger partial charge in [0.2, 0.25) is 0 Å². The average Bonchev–Trinajstić information content (AvgIpc) is 3.35. The maximum Gasteiger partial charge on any atom is 0.306 e. The number of hydrogen-bond donors (Lipinski definition) is 0. The van der Waals surface area contributed by atoms with Crippen LogP contribution < -0.4 is 0 Å². The maximum atomic E-state index is 13.3. The van der Waals surface area contributed by atoms with Gasteiger partial charge in [-0.3, -0.25) is 14.4 Å². The van der Waals surface area contributed by atoms with E-state index in [-0.39, 0.29) is 37.2 Å².